The van der Waals surface area contributed by atoms with Crippen molar-refractivity contribution in [3.63, 3.8) is 0 Å². The summed E-state index contributed by atoms with van der Waals surface area (Å²) in [6.07, 6.45) is 5.94. The van der Waals surface area contributed by atoms with Gasteiger partial charge in [0.1, 0.15) is 4.90 Å². The lowest BCUT2D eigenvalue weighted by Gasteiger charge is -2.19. The fourth-order valence-corrected chi connectivity index (χ4v) is 5.12. The number of amides is 1. The number of halogens is 1. The van der Waals surface area contributed by atoms with Crippen molar-refractivity contribution in [2.45, 2.75) is 37.0 Å². The van der Waals surface area contributed by atoms with Gasteiger partial charge in [0, 0.05) is 17.8 Å². The van der Waals surface area contributed by atoms with E-state index in [1.807, 2.05) is 0 Å². The minimum absolute atomic E-state index is 0.0659. The maximum Gasteiger partial charge on any atom is 0.263 e. The zero-order valence-corrected chi connectivity index (χ0v) is 18.5. The average molecular weight is 450 g/mol. The number of nitrogens with zero attached hydrogens (tertiary/aromatic N) is 1. The molecular formula is C22H28ClN3O3S. The second-order valence-electron chi connectivity index (χ2n) is 7.48. The molecule has 0 radical (unpaired) electrons. The Morgan fingerprint density at radius 3 is 2.40 bits per heavy atom. The van der Waals surface area contributed by atoms with Crippen LogP contribution >= 0.6 is 11.6 Å². The summed E-state index contributed by atoms with van der Waals surface area (Å²) in [5.74, 6) is -0.307. The molecule has 0 saturated carbocycles. The predicted molar refractivity (Wildman–Crippen MR) is 121 cm³/mol. The molecule has 8 heteroatoms. The summed E-state index contributed by atoms with van der Waals surface area (Å²) >= 11 is 6.12. The highest BCUT2D eigenvalue weighted by Crippen LogP contribution is 2.25. The van der Waals surface area contributed by atoms with E-state index in [4.69, 9.17) is 11.6 Å². The van der Waals surface area contributed by atoms with E-state index in [0.29, 0.717) is 12.2 Å². The molecule has 2 N–H and O–H groups in total. The van der Waals surface area contributed by atoms with Crippen molar-refractivity contribution < 1.29 is 13.2 Å². The molecule has 1 heterocycles. The van der Waals surface area contributed by atoms with Crippen LogP contribution in [-0.2, 0) is 10.0 Å². The number of carbonyl (C=O) groups is 1. The van der Waals surface area contributed by atoms with Crippen LogP contribution in [0.4, 0.5) is 5.69 Å². The fraction of sp³-hybridized carbons (Fsp3) is 0.409. The fourth-order valence-electron chi connectivity index (χ4n) is 3.53. The zero-order chi connectivity index (χ0) is 21.4. The van der Waals surface area contributed by atoms with Gasteiger partial charge in [-0.3, -0.25) is 9.52 Å². The maximum atomic E-state index is 12.7. The predicted octanol–water partition coefficient (Wildman–Crippen LogP) is 4.14. The summed E-state index contributed by atoms with van der Waals surface area (Å²) in [4.78, 5) is 14.8. The van der Waals surface area contributed by atoms with Gasteiger partial charge in [0.25, 0.3) is 15.9 Å². The van der Waals surface area contributed by atoms with E-state index in [1.54, 1.807) is 30.3 Å². The standard InChI is InChI=1S/C22H28ClN3O3S/c23-20-12-11-18(17-21(20)30(28,29)25-19-9-4-3-5-10-19)22(27)24-13-8-16-26-14-6-1-2-7-15-26/h3-5,9-12,17,25H,1-2,6-8,13-16H2,(H,24,27). The summed E-state index contributed by atoms with van der Waals surface area (Å²) in [6, 6.07) is 12.8. The molecule has 1 aliphatic rings. The van der Waals surface area contributed by atoms with Crippen molar-refractivity contribution in [2.24, 2.45) is 0 Å². The normalized spacial score (nSPS) is 15.4. The van der Waals surface area contributed by atoms with Gasteiger partial charge in [-0.25, -0.2) is 8.42 Å². The Bertz CT molecular complexity index is 943. The molecule has 6 nitrogen and oxygen atoms in total. The summed E-state index contributed by atoms with van der Waals surface area (Å²) in [7, 11) is -3.91. The van der Waals surface area contributed by atoms with E-state index in [0.717, 1.165) is 26.1 Å². The van der Waals surface area contributed by atoms with Gasteiger partial charge in [-0.2, -0.15) is 0 Å². The molecule has 3 rings (SSSR count). The number of hydrogen-bond acceptors (Lipinski definition) is 4. The lowest BCUT2D eigenvalue weighted by molar-refractivity contribution is 0.0951. The summed E-state index contributed by atoms with van der Waals surface area (Å²) in [6.45, 7) is 3.76. The number of sulfonamides is 1. The second-order valence-corrected chi connectivity index (χ2v) is 9.54. The Hall–Kier alpha value is -2.09. The van der Waals surface area contributed by atoms with Gasteiger partial charge in [-0.15, -0.1) is 0 Å². The molecular weight excluding hydrogens is 422 g/mol. The lowest BCUT2D eigenvalue weighted by atomic mass is 10.2. The number of carbonyl (C=O) groups excluding carboxylic acids is 1. The molecule has 1 fully saturated rings. The van der Waals surface area contributed by atoms with Crippen LogP contribution in [0, 0.1) is 0 Å². The molecule has 0 unspecified atom stereocenters. The molecule has 1 saturated heterocycles. The minimum atomic E-state index is -3.91. The number of para-hydroxylation sites is 1. The molecule has 0 aliphatic carbocycles. The van der Waals surface area contributed by atoms with Crippen LogP contribution in [0.2, 0.25) is 5.02 Å². The van der Waals surface area contributed by atoms with Crippen LogP contribution < -0.4 is 10.0 Å². The number of nitrogens with one attached hydrogen (secondary N) is 2. The number of benzene rings is 2. The Balaban J connectivity index is 1.59. The molecule has 0 aromatic heterocycles. The molecule has 2 aromatic rings. The van der Waals surface area contributed by atoms with Crippen molar-refractivity contribution in [1.29, 1.82) is 0 Å². The Morgan fingerprint density at radius 2 is 1.70 bits per heavy atom. The molecule has 0 spiro atoms. The number of hydrogen-bond donors (Lipinski definition) is 2. The van der Waals surface area contributed by atoms with Gasteiger partial charge in [-0.05, 0) is 69.2 Å². The quantitative estimate of drug-likeness (QED) is 0.594. The first-order chi connectivity index (χ1) is 14.5. The first-order valence-corrected chi connectivity index (χ1v) is 12.2. The summed E-state index contributed by atoms with van der Waals surface area (Å²) in [5.41, 5.74) is 0.694. The van der Waals surface area contributed by atoms with Crippen molar-refractivity contribution in [3.05, 3.63) is 59.1 Å². The summed E-state index contributed by atoms with van der Waals surface area (Å²) in [5, 5.41) is 2.94. The molecule has 162 valence electrons. The van der Waals surface area contributed by atoms with Gasteiger partial charge >= 0.3 is 0 Å². The van der Waals surface area contributed by atoms with Crippen molar-refractivity contribution in [1.82, 2.24) is 10.2 Å². The zero-order valence-electron chi connectivity index (χ0n) is 16.9. The maximum absolute atomic E-state index is 12.7. The summed E-state index contributed by atoms with van der Waals surface area (Å²) < 4.78 is 27.9. The van der Waals surface area contributed by atoms with Crippen molar-refractivity contribution >= 4 is 33.2 Å². The molecule has 30 heavy (non-hydrogen) atoms. The number of rotatable bonds is 8. The Morgan fingerprint density at radius 1 is 1.00 bits per heavy atom. The molecule has 1 amide bonds. The highest BCUT2D eigenvalue weighted by molar-refractivity contribution is 7.92. The first-order valence-electron chi connectivity index (χ1n) is 10.3. The van der Waals surface area contributed by atoms with E-state index < -0.39 is 10.0 Å². The van der Waals surface area contributed by atoms with Gasteiger partial charge in [0.05, 0.1) is 5.02 Å². The highest BCUT2D eigenvalue weighted by atomic mass is 35.5. The van der Waals surface area contributed by atoms with Gasteiger partial charge in [-0.1, -0.05) is 42.6 Å². The van der Waals surface area contributed by atoms with Crippen LogP contribution in [0.5, 0.6) is 0 Å². The number of likely N-dealkylation sites (tertiary alicyclic amines) is 1. The lowest BCUT2D eigenvalue weighted by Crippen LogP contribution is -2.30. The second kappa shape index (κ2) is 10.8. The SMILES string of the molecule is O=C(NCCCN1CCCCCC1)c1ccc(Cl)c(S(=O)(=O)Nc2ccccc2)c1. The molecule has 0 atom stereocenters. The van der Waals surface area contributed by atoms with E-state index in [-0.39, 0.29) is 21.4 Å². The van der Waals surface area contributed by atoms with E-state index in [1.165, 1.54) is 43.9 Å². The Labute approximate surface area is 183 Å². The third kappa shape index (κ3) is 6.45. The third-order valence-electron chi connectivity index (χ3n) is 5.14. The smallest absolute Gasteiger partial charge is 0.263 e. The first kappa shape index (κ1) is 22.6. The highest BCUT2D eigenvalue weighted by Gasteiger charge is 2.20. The number of anilines is 1. The van der Waals surface area contributed by atoms with Crippen LogP contribution in [-0.4, -0.2) is 45.4 Å². The van der Waals surface area contributed by atoms with Crippen LogP contribution in [0.3, 0.4) is 0 Å². The molecule has 1 aliphatic heterocycles. The van der Waals surface area contributed by atoms with Crippen LogP contribution in [0.1, 0.15) is 42.5 Å². The minimum Gasteiger partial charge on any atom is -0.352 e. The Kier molecular flexibility index (Phi) is 8.13. The topological polar surface area (TPSA) is 78.5 Å². The van der Waals surface area contributed by atoms with Crippen molar-refractivity contribution in [3.8, 4) is 0 Å². The molecule has 0 bridgehead atoms. The van der Waals surface area contributed by atoms with Gasteiger partial charge in [0.15, 0.2) is 0 Å². The molecule has 2 aromatic carbocycles. The van der Waals surface area contributed by atoms with Crippen molar-refractivity contribution in [2.75, 3.05) is 30.9 Å². The third-order valence-corrected chi connectivity index (χ3v) is 7.01. The largest absolute Gasteiger partial charge is 0.352 e. The van der Waals surface area contributed by atoms with E-state index in [9.17, 15) is 13.2 Å². The van der Waals surface area contributed by atoms with Crippen LogP contribution in [0.15, 0.2) is 53.4 Å². The monoisotopic (exact) mass is 449 g/mol. The van der Waals surface area contributed by atoms with Crippen LogP contribution in [0.25, 0.3) is 0 Å². The van der Waals surface area contributed by atoms with E-state index >= 15 is 0 Å². The average Bonchev–Trinajstić information content (AvgIpc) is 3.00. The van der Waals surface area contributed by atoms with Gasteiger partial charge in [0.2, 0.25) is 0 Å². The van der Waals surface area contributed by atoms with E-state index in [2.05, 4.69) is 14.9 Å². The van der Waals surface area contributed by atoms with Gasteiger partial charge < -0.3 is 10.2 Å².